The van der Waals surface area contributed by atoms with Crippen LogP contribution in [0.15, 0.2) is 72.8 Å². The lowest BCUT2D eigenvalue weighted by Crippen LogP contribution is -2.04. The molecule has 0 fully saturated rings. The Morgan fingerprint density at radius 3 is 1.37 bits per heavy atom. The van der Waals surface area contributed by atoms with Gasteiger partial charge in [0.2, 0.25) is 5.91 Å². The van der Waals surface area contributed by atoms with Gasteiger partial charge in [-0.1, -0.05) is 0 Å². The van der Waals surface area contributed by atoms with E-state index in [1.807, 2.05) is 48.6 Å². The SMILES string of the molecule is C1=Cc2cc3ccc(cc4nc(cc5ccc(cc1n2)[nH]5)C=C4)[nH]3.CC(=O)Nc1ccc(O)cc1. The van der Waals surface area contributed by atoms with E-state index in [1.54, 1.807) is 12.1 Å². The largest absolute Gasteiger partial charge is 0.508 e. The maximum absolute atomic E-state index is 10.5. The Hall–Kier alpha value is -4.91. The number of nitrogens with zero attached hydrogens (tertiary/aromatic N) is 2. The fraction of sp³-hybridized carbons (Fsp3) is 0.0357. The third-order valence-corrected chi connectivity index (χ3v) is 5.23. The number of phenolic OH excluding ortho intramolecular Hbond substituents is 1. The second kappa shape index (κ2) is 9.52. The predicted octanol–water partition coefficient (Wildman–Crippen LogP) is 6.01. The van der Waals surface area contributed by atoms with Gasteiger partial charge in [0.15, 0.2) is 0 Å². The Labute approximate surface area is 201 Å². The molecule has 3 aromatic heterocycles. The van der Waals surface area contributed by atoms with Crippen LogP contribution < -0.4 is 5.32 Å². The number of fused-ring (bicyclic) bond motifs is 8. The summed E-state index contributed by atoms with van der Waals surface area (Å²) in [5.74, 6) is 0.0785. The summed E-state index contributed by atoms with van der Waals surface area (Å²) in [6.07, 6.45) is 8.09. The first kappa shape index (κ1) is 21.9. The number of amides is 1. The molecule has 1 amide bonds. The van der Waals surface area contributed by atoms with Crippen LogP contribution in [0.5, 0.6) is 5.75 Å². The smallest absolute Gasteiger partial charge is 0.221 e. The highest BCUT2D eigenvalue weighted by atomic mass is 16.3. The number of rotatable bonds is 1. The van der Waals surface area contributed by atoms with E-state index in [0.29, 0.717) is 5.69 Å². The summed E-state index contributed by atoms with van der Waals surface area (Å²) in [6.45, 7) is 1.44. The molecule has 6 rings (SSSR count). The van der Waals surface area contributed by atoms with Crippen LogP contribution >= 0.6 is 0 Å². The van der Waals surface area contributed by atoms with Gasteiger partial charge in [0, 0.05) is 34.7 Å². The first-order valence-corrected chi connectivity index (χ1v) is 11.1. The zero-order valence-corrected chi connectivity index (χ0v) is 19.0. The number of phenols is 1. The minimum Gasteiger partial charge on any atom is -0.508 e. The zero-order chi connectivity index (χ0) is 24.2. The second-order valence-electron chi connectivity index (χ2n) is 8.13. The number of carbonyl (C=O) groups is 1. The van der Waals surface area contributed by atoms with E-state index in [4.69, 9.17) is 5.11 Å². The van der Waals surface area contributed by atoms with Gasteiger partial charge >= 0.3 is 0 Å². The number of anilines is 1. The summed E-state index contributed by atoms with van der Waals surface area (Å²) in [7, 11) is 0. The average molecular weight is 462 g/mol. The van der Waals surface area contributed by atoms with E-state index < -0.39 is 0 Å². The minimum atomic E-state index is -0.115. The van der Waals surface area contributed by atoms with E-state index in [0.717, 1.165) is 44.8 Å². The van der Waals surface area contributed by atoms with Crippen LogP contribution in [0.2, 0.25) is 0 Å². The fourth-order valence-corrected chi connectivity index (χ4v) is 3.69. The molecule has 4 aromatic rings. The van der Waals surface area contributed by atoms with Crippen LogP contribution in [0.25, 0.3) is 46.4 Å². The van der Waals surface area contributed by atoms with Gasteiger partial charge in [-0.3, -0.25) is 4.79 Å². The average Bonchev–Trinajstić information content (AvgIpc) is 3.62. The van der Waals surface area contributed by atoms with Crippen molar-refractivity contribution < 1.29 is 9.90 Å². The van der Waals surface area contributed by atoms with Crippen molar-refractivity contribution in [1.82, 2.24) is 19.9 Å². The van der Waals surface area contributed by atoms with Crippen LogP contribution in [-0.4, -0.2) is 30.9 Å². The molecule has 0 radical (unpaired) electrons. The number of nitrogens with one attached hydrogen (secondary N) is 3. The van der Waals surface area contributed by atoms with E-state index in [-0.39, 0.29) is 11.7 Å². The van der Waals surface area contributed by atoms with Crippen LogP contribution in [0.1, 0.15) is 29.7 Å². The monoisotopic (exact) mass is 461 g/mol. The number of aromatic hydroxyl groups is 1. The molecule has 7 nitrogen and oxygen atoms in total. The molecule has 0 unspecified atom stereocenters. The quantitative estimate of drug-likeness (QED) is 0.225. The number of aromatic nitrogens is 4. The molecule has 2 aliphatic heterocycles. The molecule has 0 aliphatic carbocycles. The Morgan fingerprint density at radius 1 is 0.657 bits per heavy atom. The summed E-state index contributed by atoms with van der Waals surface area (Å²) >= 11 is 0. The van der Waals surface area contributed by atoms with Gasteiger partial charge in [-0.25, -0.2) is 9.97 Å². The van der Waals surface area contributed by atoms with Crippen molar-refractivity contribution in [1.29, 1.82) is 0 Å². The van der Waals surface area contributed by atoms with Crippen molar-refractivity contribution in [3.05, 3.63) is 95.6 Å². The number of H-pyrrole nitrogens is 2. The first-order valence-electron chi connectivity index (χ1n) is 11.1. The molecule has 7 heteroatoms. The number of hydrogen-bond acceptors (Lipinski definition) is 4. The molecule has 0 spiro atoms. The Balaban J connectivity index is 0.000000195. The maximum atomic E-state index is 10.5. The summed E-state index contributed by atoms with van der Waals surface area (Å²) in [4.78, 5) is 26.5. The molecule has 8 bridgehead atoms. The van der Waals surface area contributed by atoms with Crippen molar-refractivity contribution in [3.63, 3.8) is 0 Å². The number of benzene rings is 1. The zero-order valence-electron chi connectivity index (χ0n) is 19.0. The lowest BCUT2D eigenvalue weighted by molar-refractivity contribution is -0.114. The van der Waals surface area contributed by atoms with Crippen LogP contribution in [0.3, 0.4) is 0 Å². The lowest BCUT2D eigenvalue weighted by atomic mass is 10.3. The lowest BCUT2D eigenvalue weighted by Gasteiger charge is -1.99. The molecular weight excluding hydrogens is 438 g/mol. The highest BCUT2D eigenvalue weighted by molar-refractivity contribution is 5.88. The van der Waals surface area contributed by atoms with Gasteiger partial charge in [-0.15, -0.1) is 0 Å². The third-order valence-electron chi connectivity index (χ3n) is 5.23. The van der Waals surface area contributed by atoms with Crippen molar-refractivity contribution in [2.45, 2.75) is 6.92 Å². The van der Waals surface area contributed by atoms with Gasteiger partial charge < -0.3 is 20.4 Å². The van der Waals surface area contributed by atoms with E-state index >= 15 is 0 Å². The minimum absolute atomic E-state index is 0.115. The normalized spacial score (nSPS) is 11.6. The third kappa shape index (κ3) is 5.72. The summed E-state index contributed by atoms with van der Waals surface area (Å²) in [5.41, 5.74) is 8.55. The van der Waals surface area contributed by atoms with Crippen molar-refractivity contribution in [3.8, 4) is 5.75 Å². The van der Waals surface area contributed by atoms with Gasteiger partial charge in [-0.05, 0) is 97.1 Å². The molecule has 4 N–H and O–H groups in total. The predicted molar refractivity (Wildman–Crippen MR) is 141 cm³/mol. The van der Waals surface area contributed by atoms with Crippen LogP contribution in [-0.2, 0) is 4.79 Å². The highest BCUT2D eigenvalue weighted by Crippen LogP contribution is 2.17. The molecule has 1 aromatic carbocycles. The van der Waals surface area contributed by atoms with E-state index in [1.165, 1.54) is 19.1 Å². The van der Waals surface area contributed by atoms with E-state index in [2.05, 4.69) is 49.5 Å². The number of hydrogen-bond donors (Lipinski definition) is 4. The van der Waals surface area contributed by atoms with Gasteiger partial charge in [-0.2, -0.15) is 0 Å². The van der Waals surface area contributed by atoms with Crippen LogP contribution in [0, 0.1) is 0 Å². The molecule has 0 saturated heterocycles. The van der Waals surface area contributed by atoms with Crippen molar-refractivity contribution in [2.75, 3.05) is 5.32 Å². The van der Waals surface area contributed by atoms with Gasteiger partial charge in [0.1, 0.15) is 5.75 Å². The fourth-order valence-electron chi connectivity index (χ4n) is 3.69. The van der Waals surface area contributed by atoms with Crippen LogP contribution in [0.4, 0.5) is 5.69 Å². The molecule has 2 aliphatic rings. The van der Waals surface area contributed by atoms with Gasteiger partial charge in [0.25, 0.3) is 0 Å². The molecular formula is C28H23N5O2. The topological polar surface area (TPSA) is 107 Å². The summed E-state index contributed by atoms with van der Waals surface area (Å²) in [5, 5.41) is 11.5. The van der Waals surface area contributed by atoms with Gasteiger partial charge in [0.05, 0.1) is 22.8 Å². The number of carbonyl (C=O) groups excluding carboxylic acids is 1. The van der Waals surface area contributed by atoms with Crippen molar-refractivity contribution >= 4 is 58.0 Å². The second-order valence-corrected chi connectivity index (χ2v) is 8.13. The highest BCUT2D eigenvalue weighted by Gasteiger charge is 2.01. The molecule has 0 saturated carbocycles. The van der Waals surface area contributed by atoms with E-state index in [9.17, 15) is 4.79 Å². The summed E-state index contributed by atoms with van der Waals surface area (Å²) in [6, 6.07) is 22.7. The molecule has 35 heavy (non-hydrogen) atoms. The maximum Gasteiger partial charge on any atom is 0.221 e. The Kier molecular flexibility index (Phi) is 5.96. The van der Waals surface area contributed by atoms with Crippen molar-refractivity contribution in [2.24, 2.45) is 0 Å². The summed E-state index contributed by atoms with van der Waals surface area (Å²) < 4.78 is 0. The molecule has 172 valence electrons. The first-order chi connectivity index (χ1) is 17.0. The molecule has 0 atom stereocenters. The standard InChI is InChI=1S/C20H14N4.C8H9NO2/c1-2-14-10-16-5-6-18(23-16)12-20-8-7-19(24-20)11-17-4-3-15(22-17)9-13(1)21-14;1-6(10)9-7-2-4-8(11)5-3-7/h1-12,21,24H;2-5,11H,1H3,(H,9,10). The Bertz CT molecular complexity index is 1430. The Morgan fingerprint density at radius 2 is 1.03 bits per heavy atom. The number of aromatic amines is 2. The molecule has 5 heterocycles.